The first kappa shape index (κ1) is 20.0. The van der Waals surface area contributed by atoms with Crippen LogP contribution in [0.15, 0.2) is 39.9 Å². The number of aryl methyl sites for hydroxylation is 3. The smallest absolute Gasteiger partial charge is 0.348 e. The van der Waals surface area contributed by atoms with Crippen molar-refractivity contribution in [2.45, 2.75) is 33.4 Å². The number of thiophene rings is 1. The van der Waals surface area contributed by atoms with Crippen LogP contribution in [0.2, 0.25) is 0 Å². The highest BCUT2D eigenvalue weighted by Gasteiger charge is 2.23. The Bertz CT molecular complexity index is 1110. The van der Waals surface area contributed by atoms with Gasteiger partial charge in [0.25, 0.3) is 5.56 Å². The molecule has 8 heteroatoms. The zero-order chi connectivity index (χ0) is 20.3. The molecule has 0 saturated heterocycles. The molecule has 7 nitrogen and oxygen atoms in total. The molecule has 0 unspecified atom stereocenters. The lowest BCUT2D eigenvalue weighted by molar-refractivity contribution is 0.0531. The van der Waals surface area contributed by atoms with E-state index in [-0.39, 0.29) is 19.8 Å². The van der Waals surface area contributed by atoms with Gasteiger partial charge in [0.1, 0.15) is 9.71 Å². The van der Waals surface area contributed by atoms with Gasteiger partial charge in [0.05, 0.1) is 25.1 Å². The molecule has 2 heterocycles. The minimum atomic E-state index is -0.503. The number of ether oxygens (including phenoxy) is 1. The Morgan fingerprint density at radius 1 is 1.14 bits per heavy atom. The van der Waals surface area contributed by atoms with Crippen molar-refractivity contribution >= 4 is 27.5 Å². The number of carbonyl (C=O) groups is 1. The lowest BCUT2D eigenvalue weighted by atomic mass is 10.1. The zero-order valence-corrected chi connectivity index (χ0v) is 16.6. The van der Waals surface area contributed by atoms with E-state index in [1.54, 1.807) is 13.8 Å². The van der Waals surface area contributed by atoms with Crippen molar-refractivity contribution in [3.05, 3.63) is 67.2 Å². The summed E-state index contributed by atoms with van der Waals surface area (Å²) in [5, 5.41) is 9.62. The first-order valence-corrected chi connectivity index (χ1v) is 9.89. The van der Waals surface area contributed by atoms with E-state index in [9.17, 15) is 19.5 Å². The van der Waals surface area contributed by atoms with Gasteiger partial charge in [-0.2, -0.15) is 0 Å². The zero-order valence-electron chi connectivity index (χ0n) is 15.8. The second kappa shape index (κ2) is 8.53. The molecule has 3 aromatic rings. The lowest BCUT2D eigenvalue weighted by Crippen LogP contribution is -2.40. The number of aliphatic hydroxyl groups excluding tert-OH is 1. The maximum Gasteiger partial charge on any atom is 0.348 e. The average molecular weight is 402 g/mol. The number of benzene rings is 1. The first-order valence-electron chi connectivity index (χ1n) is 9.08. The Balaban J connectivity index is 2.19. The molecule has 0 radical (unpaired) electrons. The van der Waals surface area contributed by atoms with E-state index in [0.717, 1.165) is 21.5 Å². The summed E-state index contributed by atoms with van der Waals surface area (Å²) >= 11 is 1.10. The lowest BCUT2D eigenvalue weighted by Gasteiger charge is -2.11. The fourth-order valence-corrected chi connectivity index (χ4v) is 4.38. The maximum atomic E-state index is 12.9. The van der Waals surface area contributed by atoms with Gasteiger partial charge in [-0.05, 0) is 31.4 Å². The largest absolute Gasteiger partial charge is 0.462 e. The molecule has 0 aliphatic heterocycles. The Morgan fingerprint density at radius 3 is 2.50 bits per heavy atom. The molecule has 0 saturated carbocycles. The molecule has 0 fully saturated rings. The number of aliphatic hydroxyl groups is 1. The summed E-state index contributed by atoms with van der Waals surface area (Å²) in [5.74, 6) is -0.503. The van der Waals surface area contributed by atoms with E-state index in [2.05, 4.69) is 0 Å². The van der Waals surface area contributed by atoms with Gasteiger partial charge in [-0.3, -0.25) is 13.9 Å². The maximum absolute atomic E-state index is 12.9. The average Bonchev–Trinajstić information content (AvgIpc) is 3.03. The SMILES string of the molecule is CCOC(=O)c1sc2c(c1C)c(=O)n(CCO)c(=O)n2CCc1ccccc1. The molecule has 2 aromatic heterocycles. The molecule has 0 spiro atoms. The number of nitrogens with zero attached hydrogens (tertiary/aromatic N) is 2. The first-order chi connectivity index (χ1) is 13.5. The minimum Gasteiger partial charge on any atom is -0.462 e. The van der Waals surface area contributed by atoms with Crippen LogP contribution in [-0.2, 0) is 24.2 Å². The van der Waals surface area contributed by atoms with E-state index >= 15 is 0 Å². The van der Waals surface area contributed by atoms with Gasteiger partial charge in [-0.15, -0.1) is 11.3 Å². The van der Waals surface area contributed by atoms with Crippen LogP contribution in [0.3, 0.4) is 0 Å². The van der Waals surface area contributed by atoms with Crippen molar-refractivity contribution in [2.24, 2.45) is 0 Å². The molecule has 0 aliphatic rings. The quantitative estimate of drug-likeness (QED) is 0.610. The number of hydrogen-bond acceptors (Lipinski definition) is 6. The van der Waals surface area contributed by atoms with E-state index in [1.165, 1.54) is 4.57 Å². The Hall–Kier alpha value is -2.71. The third kappa shape index (κ3) is 3.65. The molecule has 0 amide bonds. The Labute approximate surface area is 165 Å². The second-order valence-corrected chi connectivity index (χ2v) is 7.31. The molecular formula is C20H22N2O5S. The molecule has 0 bridgehead atoms. The van der Waals surface area contributed by atoms with Crippen LogP contribution >= 0.6 is 11.3 Å². The summed E-state index contributed by atoms with van der Waals surface area (Å²) in [6.45, 7) is 3.55. The highest BCUT2D eigenvalue weighted by atomic mass is 32.1. The summed E-state index contributed by atoms with van der Waals surface area (Å²) in [4.78, 5) is 38.9. The third-order valence-electron chi connectivity index (χ3n) is 4.55. The highest BCUT2D eigenvalue weighted by Crippen LogP contribution is 2.28. The Kier molecular flexibility index (Phi) is 6.11. The van der Waals surface area contributed by atoms with Crippen molar-refractivity contribution in [1.29, 1.82) is 0 Å². The molecule has 28 heavy (non-hydrogen) atoms. The number of esters is 1. The molecule has 0 atom stereocenters. The number of rotatable bonds is 7. The van der Waals surface area contributed by atoms with Crippen LogP contribution in [0.4, 0.5) is 0 Å². The van der Waals surface area contributed by atoms with Crippen LogP contribution in [0.5, 0.6) is 0 Å². The fraction of sp³-hybridized carbons (Fsp3) is 0.350. The van der Waals surface area contributed by atoms with Crippen molar-refractivity contribution < 1.29 is 14.6 Å². The van der Waals surface area contributed by atoms with Crippen LogP contribution in [0.1, 0.15) is 27.7 Å². The minimum absolute atomic E-state index is 0.0943. The second-order valence-electron chi connectivity index (χ2n) is 6.31. The van der Waals surface area contributed by atoms with E-state index < -0.39 is 17.2 Å². The molecule has 3 rings (SSSR count). The monoisotopic (exact) mass is 402 g/mol. The molecule has 148 valence electrons. The van der Waals surface area contributed by atoms with Gasteiger partial charge in [0.2, 0.25) is 0 Å². The third-order valence-corrected chi connectivity index (χ3v) is 5.84. The van der Waals surface area contributed by atoms with Crippen LogP contribution in [-0.4, -0.2) is 33.4 Å². The van der Waals surface area contributed by atoms with Gasteiger partial charge in [0, 0.05) is 6.54 Å². The van der Waals surface area contributed by atoms with E-state index in [1.807, 2.05) is 30.3 Å². The number of carbonyl (C=O) groups excluding carboxylic acids is 1. The van der Waals surface area contributed by atoms with E-state index in [0.29, 0.717) is 33.6 Å². The number of fused-ring (bicyclic) bond motifs is 1. The Morgan fingerprint density at radius 2 is 1.86 bits per heavy atom. The summed E-state index contributed by atoms with van der Waals surface area (Å²) in [7, 11) is 0. The topological polar surface area (TPSA) is 90.5 Å². The molecule has 1 N–H and O–H groups in total. The predicted molar refractivity (Wildman–Crippen MR) is 108 cm³/mol. The van der Waals surface area contributed by atoms with Gasteiger partial charge in [-0.1, -0.05) is 30.3 Å². The summed E-state index contributed by atoms with van der Waals surface area (Å²) < 4.78 is 7.63. The van der Waals surface area contributed by atoms with Crippen LogP contribution in [0, 0.1) is 6.92 Å². The van der Waals surface area contributed by atoms with Gasteiger partial charge < -0.3 is 9.84 Å². The predicted octanol–water partition coefficient (Wildman–Crippen LogP) is 1.94. The molecular weight excluding hydrogens is 380 g/mol. The van der Waals surface area contributed by atoms with E-state index in [4.69, 9.17) is 4.74 Å². The van der Waals surface area contributed by atoms with Crippen molar-refractivity contribution in [1.82, 2.24) is 9.13 Å². The molecule has 0 aliphatic carbocycles. The summed E-state index contributed by atoms with van der Waals surface area (Å²) in [5.41, 5.74) is 0.582. The highest BCUT2D eigenvalue weighted by molar-refractivity contribution is 7.20. The number of aromatic nitrogens is 2. The summed E-state index contributed by atoms with van der Waals surface area (Å²) in [6.07, 6.45) is 0.596. The number of hydrogen-bond donors (Lipinski definition) is 1. The normalized spacial score (nSPS) is 11.1. The van der Waals surface area contributed by atoms with Crippen molar-refractivity contribution in [3.8, 4) is 0 Å². The van der Waals surface area contributed by atoms with Gasteiger partial charge in [-0.25, -0.2) is 9.59 Å². The summed E-state index contributed by atoms with van der Waals surface area (Å²) in [6, 6.07) is 9.71. The van der Waals surface area contributed by atoms with Crippen LogP contribution < -0.4 is 11.2 Å². The van der Waals surface area contributed by atoms with Crippen LogP contribution in [0.25, 0.3) is 10.2 Å². The van der Waals surface area contributed by atoms with Crippen molar-refractivity contribution in [2.75, 3.05) is 13.2 Å². The fourth-order valence-electron chi connectivity index (χ4n) is 3.17. The van der Waals surface area contributed by atoms with Crippen molar-refractivity contribution in [3.63, 3.8) is 0 Å². The van der Waals surface area contributed by atoms with Gasteiger partial charge >= 0.3 is 11.7 Å². The molecule has 1 aromatic carbocycles. The standard InChI is InChI=1S/C20H22N2O5S/c1-3-27-19(25)16-13(2)15-17(24)21(11-12-23)20(26)22(18(15)28-16)10-9-14-7-5-4-6-8-14/h4-8,23H,3,9-12H2,1-2H3. The van der Waals surface area contributed by atoms with Gasteiger partial charge in [0.15, 0.2) is 0 Å².